The molecule has 3 N–H and O–H groups in total. The molecule has 0 bridgehead atoms. The van der Waals surface area contributed by atoms with E-state index in [1.54, 1.807) is 19.6 Å². The number of para-hydroxylation sites is 1. The largest absolute Gasteiger partial charge is 0.493 e. The fraction of sp³-hybridized carbons (Fsp3) is 0.167. The van der Waals surface area contributed by atoms with E-state index in [-0.39, 0.29) is 5.84 Å². The van der Waals surface area contributed by atoms with Crippen molar-refractivity contribution in [1.82, 2.24) is 4.98 Å². The molecule has 0 aliphatic rings. The number of hydrogen-bond acceptors (Lipinski definition) is 5. The maximum atomic E-state index is 7.35. The summed E-state index contributed by atoms with van der Waals surface area (Å²) in [6, 6.07) is 5.58. The van der Waals surface area contributed by atoms with E-state index >= 15 is 0 Å². The Kier molecular flexibility index (Phi) is 3.47. The minimum absolute atomic E-state index is 0.0423. The molecule has 0 unspecified atom stereocenters. The van der Waals surface area contributed by atoms with E-state index in [9.17, 15) is 0 Å². The predicted molar refractivity (Wildman–Crippen MR) is 71.7 cm³/mol. The molecular weight excluding hydrogens is 250 g/mol. The van der Waals surface area contributed by atoms with E-state index in [1.165, 1.54) is 11.3 Å². The van der Waals surface area contributed by atoms with Crippen LogP contribution in [0.3, 0.4) is 0 Å². The lowest BCUT2D eigenvalue weighted by Gasteiger charge is -2.10. The SMILES string of the molecule is COc1cccc(-c2nc(C(=N)N)cs2)c1OC. The topological polar surface area (TPSA) is 81.2 Å². The van der Waals surface area contributed by atoms with Crippen LogP contribution in [0.2, 0.25) is 0 Å². The van der Waals surface area contributed by atoms with Crippen LogP contribution in [0.25, 0.3) is 10.6 Å². The van der Waals surface area contributed by atoms with E-state index in [1.807, 2.05) is 18.2 Å². The van der Waals surface area contributed by atoms with Gasteiger partial charge in [-0.1, -0.05) is 6.07 Å². The third-order valence-corrected chi connectivity index (χ3v) is 3.29. The Morgan fingerprint density at radius 3 is 2.67 bits per heavy atom. The first kappa shape index (κ1) is 12.4. The summed E-state index contributed by atoms with van der Waals surface area (Å²) in [6.07, 6.45) is 0. The fourth-order valence-corrected chi connectivity index (χ4v) is 2.42. The van der Waals surface area contributed by atoms with Gasteiger partial charge in [0, 0.05) is 5.38 Å². The van der Waals surface area contributed by atoms with Gasteiger partial charge in [-0.3, -0.25) is 5.41 Å². The molecule has 0 radical (unpaired) electrons. The highest BCUT2D eigenvalue weighted by Crippen LogP contribution is 2.38. The molecule has 2 rings (SSSR count). The summed E-state index contributed by atoms with van der Waals surface area (Å²) < 4.78 is 10.6. The van der Waals surface area contributed by atoms with Crippen molar-refractivity contribution in [3.05, 3.63) is 29.3 Å². The van der Waals surface area contributed by atoms with Crippen LogP contribution in [0.15, 0.2) is 23.6 Å². The van der Waals surface area contributed by atoms with Crippen molar-refractivity contribution in [2.45, 2.75) is 0 Å². The number of thiazole rings is 1. The summed E-state index contributed by atoms with van der Waals surface area (Å²) in [5, 5.41) is 9.85. The summed E-state index contributed by atoms with van der Waals surface area (Å²) in [7, 11) is 3.17. The monoisotopic (exact) mass is 263 g/mol. The molecule has 1 heterocycles. The van der Waals surface area contributed by atoms with Gasteiger partial charge in [0.25, 0.3) is 0 Å². The van der Waals surface area contributed by atoms with Gasteiger partial charge in [0.1, 0.15) is 16.5 Å². The minimum Gasteiger partial charge on any atom is -0.493 e. The standard InChI is InChI=1S/C12H13N3O2S/c1-16-9-5-3-4-7(10(9)17-2)12-15-8(6-18-12)11(13)14/h3-6H,1-2H3,(H3,13,14). The predicted octanol–water partition coefficient (Wildman–Crippen LogP) is 2.11. The fourth-order valence-electron chi connectivity index (χ4n) is 1.58. The molecular formula is C12H13N3O2S. The number of ether oxygens (including phenoxy) is 2. The van der Waals surface area contributed by atoms with Crippen molar-refractivity contribution in [3.8, 4) is 22.1 Å². The Morgan fingerprint density at radius 2 is 2.11 bits per heavy atom. The first-order valence-corrected chi connectivity index (χ1v) is 6.06. The molecule has 0 saturated heterocycles. The Hall–Kier alpha value is -2.08. The van der Waals surface area contributed by atoms with Crippen molar-refractivity contribution < 1.29 is 9.47 Å². The lowest BCUT2D eigenvalue weighted by atomic mass is 10.2. The zero-order chi connectivity index (χ0) is 13.1. The van der Waals surface area contributed by atoms with Gasteiger partial charge in [-0.25, -0.2) is 4.98 Å². The van der Waals surface area contributed by atoms with E-state index in [4.69, 9.17) is 20.6 Å². The first-order chi connectivity index (χ1) is 8.67. The zero-order valence-corrected chi connectivity index (χ0v) is 10.9. The Labute approximate surface area is 109 Å². The second kappa shape index (κ2) is 5.05. The van der Waals surface area contributed by atoms with E-state index in [0.29, 0.717) is 17.2 Å². The lowest BCUT2D eigenvalue weighted by Crippen LogP contribution is -2.11. The van der Waals surface area contributed by atoms with E-state index in [2.05, 4.69) is 4.98 Å². The molecule has 0 atom stereocenters. The number of rotatable bonds is 4. The van der Waals surface area contributed by atoms with E-state index < -0.39 is 0 Å². The van der Waals surface area contributed by atoms with Crippen molar-refractivity contribution in [1.29, 1.82) is 5.41 Å². The number of nitrogens with one attached hydrogen (secondary N) is 1. The molecule has 0 aliphatic heterocycles. The summed E-state index contributed by atoms with van der Waals surface area (Å²) in [5.41, 5.74) is 6.70. The molecule has 2 aromatic rings. The number of amidine groups is 1. The highest BCUT2D eigenvalue weighted by atomic mass is 32.1. The quantitative estimate of drug-likeness (QED) is 0.654. The van der Waals surface area contributed by atoms with Crippen LogP contribution < -0.4 is 15.2 Å². The van der Waals surface area contributed by atoms with Gasteiger partial charge < -0.3 is 15.2 Å². The molecule has 94 valence electrons. The minimum atomic E-state index is -0.0423. The molecule has 6 heteroatoms. The number of methoxy groups -OCH3 is 2. The zero-order valence-electron chi connectivity index (χ0n) is 10.1. The van der Waals surface area contributed by atoms with Crippen LogP contribution in [0, 0.1) is 5.41 Å². The van der Waals surface area contributed by atoms with Crippen molar-refractivity contribution in [2.75, 3.05) is 14.2 Å². The van der Waals surface area contributed by atoms with Crippen molar-refractivity contribution >= 4 is 17.2 Å². The van der Waals surface area contributed by atoms with Crippen LogP contribution in [-0.4, -0.2) is 25.0 Å². The van der Waals surface area contributed by atoms with Crippen LogP contribution >= 0.6 is 11.3 Å². The number of nitrogens with zero attached hydrogens (tertiary/aromatic N) is 1. The van der Waals surface area contributed by atoms with Gasteiger partial charge in [0.05, 0.1) is 19.8 Å². The number of aromatic nitrogens is 1. The normalized spacial score (nSPS) is 10.1. The Bertz CT molecular complexity index is 580. The van der Waals surface area contributed by atoms with Crippen LogP contribution in [0.1, 0.15) is 5.69 Å². The molecule has 0 saturated carbocycles. The maximum Gasteiger partial charge on any atom is 0.170 e. The van der Waals surface area contributed by atoms with Crippen LogP contribution in [-0.2, 0) is 0 Å². The van der Waals surface area contributed by atoms with Crippen LogP contribution in [0.4, 0.5) is 0 Å². The number of nitrogens with two attached hydrogens (primary N) is 1. The number of benzene rings is 1. The molecule has 0 fully saturated rings. The summed E-state index contributed by atoms with van der Waals surface area (Å²) in [4.78, 5) is 4.30. The molecule has 5 nitrogen and oxygen atoms in total. The van der Waals surface area contributed by atoms with Gasteiger partial charge in [-0.05, 0) is 12.1 Å². The van der Waals surface area contributed by atoms with E-state index in [0.717, 1.165) is 10.6 Å². The lowest BCUT2D eigenvalue weighted by molar-refractivity contribution is 0.356. The second-order valence-corrected chi connectivity index (χ2v) is 4.35. The number of hydrogen-bond donors (Lipinski definition) is 2. The highest BCUT2D eigenvalue weighted by molar-refractivity contribution is 7.13. The average molecular weight is 263 g/mol. The highest BCUT2D eigenvalue weighted by Gasteiger charge is 2.14. The summed E-state index contributed by atoms with van der Waals surface area (Å²) in [5.74, 6) is 1.23. The third-order valence-electron chi connectivity index (χ3n) is 2.41. The molecule has 0 amide bonds. The van der Waals surface area contributed by atoms with Gasteiger partial charge >= 0.3 is 0 Å². The average Bonchev–Trinajstić information content (AvgIpc) is 2.87. The second-order valence-electron chi connectivity index (χ2n) is 3.49. The smallest absolute Gasteiger partial charge is 0.170 e. The molecule has 0 spiro atoms. The summed E-state index contributed by atoms with van der Waals surface area (Å²) >= 11 is 1.41. The van der Waals surface area contributed by atoms with Crippen molar-refractivity contribution in [3.63, 3.8) is 0 Å². The van der Waals surface area contributed by atoms with Gasteiger partial charge in [-0.15, -0.1) is 11.3 Å². The summed E-state index contributed by atoms with van der Waals surface area (Å²) in [6.45, 7) is 0. The van der Waals surface area contributed by atoms with Gasteiger partial charge in [0.2, 0.25) is 0 Å². The Morgan fingerprint density at radius 1 is 1.33 bits per heavy atom. The molecule has 1 aromatic carbocycles. The third kappa shape index (κ3) is 2.14. The molecule has 1 aromatic heterocycles. The number of nitrogen functional groups attached to an aromatic ring is 1. The van der Waals surface area contributed by atoms with Gasteiger partial charge in [-0.2, -0.15) is 0 Å². The van der Waals surface area contributed by atoms with Crippen molar-refractivity contribution in [2.24, 2.45) is 5.73 Å². The molecule has 0 aliphatic carbocycles. The van der Waals surface area contributed by atoms with Crippen LogP contribution in [0.5, 0.6) is 11.5 Å². The maximum absolute atomic E-state index is 7.35. The first-order valence-electron chi connectivity index (χ1n) is 5.18. The van der Waals surface area contributed by atoms with Gasteiger partial charge in [0.15, 0.2) is 11.5 Å². The molecule has 18 heavy (non-hydrogen) atoms. The Balaban J connectivity index is 2.52.